The summed E-state index contributed by atoms with van der Waals surface area (Å²) < 4.78 is 10.8. The van der Waals surface area contributed by atoms with Crippen LogP contribution in [0.4, 0.5) is 4.79 Å². The van der Waals surface area contributed by atoms with Gasteiger partial charge in [-0.2, -0.15) is 0 Å². The van der Waals surface area contributed by atoms with Gasteiger partial charge in [-0.25, -0.2) is 4.79 Å². The van der Waals surface area contributed by atoms with Gasteiger partial charge in [-0.15, -0.1) is 0 Å². The van der Waals surface area contributed by atoms with Crippen molar-refractivity contribution in [2.24, 2.45) is 0 Å². The van der Waals surface area contributed by atoms with Crippen LogP contribution >= 0.6 is 0 Å². The first kappa shape index (κ1) is 15.4. The molecule has 0 radical (unpaired) electrons. The zero-order chi connectivity index (χ0) is 16.2. The van der Waals surface area contributed by atoms with Crippen molar-refractivity contribution in [3.63, 3.8) is 0 Å². The Hall–Kier alpha value is -2.50. The summed E-state index contributed by atoms with van der Waals surface area (Å²) in [6, 6.07) is 7.60. The molecule has 0 saturated heterocycles. The standard InChI is InChI=1S/C17H21N3O3/c1-11-14(12(2)23-20-11)10-18-17(21)19-15-7-5-9-22-16-8-4-3-6-13(15)16/h3-4,6,8,15H,5,7,9-10H2,1-2H3,(H2,18,19,21)/t15-/m1/s1. The Morgan fingerprint density at radius 2 is 2.17 bits per heavy atom. The fourth-order valence-corrected chi connectivity index (χ4v) is 2.81. The van der Waals surface area contributed by atoms with E-state index in [9.17, 15) is 4.79 Å². The van der Waals surface area contributed by atoms with Gasteiger partial charge >= 0.3 is 6.03 Å². The Morgan fingerprint density at radius 3 is 2.96 bits per heavy atom. The number of carbonyl (C=O) groups excluding carboxylic acids is 1. The molecule has 1 aliphatic heterocycles. The minimum atomic E-state index is -0.202. The molecule has 2 N–H and O–H groups in total. The average molecular weight is 315 g/mol. The van der Waals surface area contributed by atoms with Crippen molar-refractivity contribution >= 4 is 6.03 Å². The number of hydrogen-bond donors (Lipinski definition) is 2. The van der Waals surface area contributed by atoms with Crippen LogP contribution in [0.2, 0.25) is 0 Å². The van der Waals surface area contributed by atoms with E-state index in [1.165, 1.54) is 0 Å². The smallest absolute Gasteiger partial charge is 0.315 e. The first-order valence-corrected chi connectivity index (χ1v) is 7.83. The summed E-state index contributed by atoms with van der Waals surface area (Å²) in [5, 5.41) is 9.80. The van der Waals surface area contributed by atoms with Crippen molar-refractivity contribution in [3.8, 4) is 5.75 Å². The molecule has 1 aromatic heterocycles. The predicted octanol–water partition coefficient (Wildman–Crippen LogP) is 3.00. The molecule has 0 bridgehead atoms. The second kappa shape index (κ2) is 6.73. The monoisotopic (exact) mass is 315 g/mol. The largest absolute Gasteiger partial charge is 0.493 e. The van der Waals surface area contributed by atoms with Crippen LogP contribution in [0.1, 0.15) is 41.5 Å². The lowest BCUT2D eigenvalue weighted by molar-refractivity contribution is 0.235. The Labute approximate surface area is 135 Å². The normalized spacial score (nSPS) is 16.9. The van der Waals surface area contributed by atoms with Crippen molar-refractivity contribution < 1.29 is 14.1 Å². The lowest BCUT2D eigenvalue weighted by Gasteiger charge is -2.18. The lowest BCUT2D eigenvalue weighted by Crippen LogP contribution is -2.37. The van der Waals surface area contributed by atoms with Gasteiger partial charge in [0.15, 0.2) is 0 Å². The highest BCUT2D eigenvalue weighted by molar-refractivity contribution is 5.74. The van der Waals surface area contributed by atoms with E-state index in [0.717, 1.165) is 41.2 Å². The maximum atomic E-state index is 12.2. The van der Waals surface area contributed by atoms with E-state index in [0.29, 0.717) is 13.2 Å². The van der Waals surface area contributed by atoms with Gasteiger partial charge in [0, 0.05) is 17.7 Å². The number of para-hydroxylation sites is 1. The van der Waals surface area contributed by atoms with Gasteiger partial charge < -0.3 is 19.9 Å². The number of aromatic nitrogens is 1. The van der Waals surface area contributed by atoms with Gasteiger partial charge in [-0.05, 0) is 32.8 Å². The molecule has 6 heteroatoms. The van der Waals surface area contributed by atoms with Crippen molar-refractivity contribution in [3.05, 3.63) is 46.8 Å². The van der Waals surface area contributed by atoms with Crippen LogP contribution in [0.15, 0.2) is 28.8 Å². The van der Waals surface area contributed by atoms with Crippen molar-refractivity contribution in [2.45, 2.75) is 39.3 Å². The van der Waals surface area contributed by atoms with Crippen LogP contribution in [-0.2, 0) is 6.54 Å². The molecule has 122 valence electrons. The number of nitrogens with zero attached hydrogens (tertiary/aromatic N) is 1. The molecule has 0 spiro atoms. The molecule has 2 amide bonds. The predicted molar refractivity (Wildman–Crippen MR) is 85.3 cm³/mol. The van der Waals surface area contributed by atoms with Crippen LogP contribution in [0, 0.1) is 13.8 Å². The van der Waals surface area contributed by atoms with E-state index < -0.39 is 0 Å². The van der Waals surface area contributed by atoms with Crippen LogP contribution in [0.5, 0.6) is 5.75 Å². The molecule has 6 nitrogen and oxygen atoms in total. The molecule has 0 saturated carbocycles. The molecule has 2 heterocycles. The summed E-state index contributed by atoms with van der Waals surface area (Å²) in [6.45, 7) is 4.78. The van der Waals surface area contributed by atoms with Gasteiger partial charge in [0.1, 0.15) is 11.5 Å². The highest BCUT2D eigenvalue weighted by atomic mass is 16.5. The van der Waals surface area contributed by atoms with Gasteiger partial charge in [-0.3, -0.25) is 0 Å². The van der Waals surface area contributed by atoms with Gasteiger partial charge in [0.25, 0.3) is 0 Å². The number of amides is 2. The Balaban J connectivity index is 1.64. The van der Waals surface area contributed by atoms with Crippen molar-refractivity contribution in [2.75, 3.05) is 6.61 Å². The Kier molecular flexibility index (Phi) is 4.50. The van der Waals surface area contributed by atoms with E-state index in [1.807, 2.05) is 38.1 Å². The number of nitrogens with one attached hydrogen (secondary N) is 2. The molecule has 3 rings (SSSR count). The van der Waals surface area contributed by atoms with E-state index in [1.54, 1.807) is 0 Å². The zero-order valence-electron chi connectivity index (χ0n) is 13.4. The minimum Gasteiger partial charge on any atom is -0.493 e. The fourth-order valence-electron chi connectivity index (χ4n) is 2.81. The lowest BCUT2D eigenvalue weighted by atomic mass is 10.0. The first-order chi connectivity index (χ1) is 11.1. The highest BCUT2D eigenvalue weighted by Crippen LogP contribution is 2.30. The van der Waals surface area contributed by atoms with E-state index in [4.69, 9.17) is 9.26 Å². The molecular formula is C17H21N3O3. The van der Waals surface area contributed by atoms with Crippen LogP contribution < -0.4 is 15.4 Å². The molecular weight excluding hydrogens is 294 g/mol. The van der Waals surface area contributed by atoms with E-state index in [-0.39, 0.29) is 12.1 Å². The Morgan fingerprint density at radius 1 is 1.35 bits per heavy atom. The number of benzene rings is 1. The van der Waals surface area contributed by atoms with Crippen molar-refractivity contribution in [1.82, 2.24) is 15.8 Å². The summed E-state index contributed by atoms with van der Waals surface area (Å²) in [5.41, 5.74) is 2.75. The third-order valence-corrected chi connectivity index (χ3v) is 4.10. The number of hydrogen-bond acceptors (Lipinski definition) is 4. The minimum absolute atomic E-state index is 0.0432. The number of urea groups is 1. The SMILES string of the molecule is Cc1noc(C)c1CNC(=O)N[C@@H]1CCCOc2ccccc21. The number of carbonyl (C=O) groups is 1. The average Bonchev–Trinajstić information content (AvgIpc) is 2.75. The second-order valence-electron chi connectivity index (χ2n) is 5.71. The Bertz CT molecular complexity index is 677. The molecule has 2 aromatic rings. The molecule has 0 unspecified atom stereocenters. The summed E-state index contributed by atoms with van der Waals surface area (Å²) in [5.74, 6) is 1.58. The summed E-state index contributed by atoms with van der Waals surface area (Å²) >= 11 is 0. The van der Waals surface area contributed by atoms with E-state index in [2.05, 4.69) is 15.8 Å². The molecule has 0 aliphatic carbocycles. The van der Waals surface area contributed by atoms with E-state index >= 15 is 0 Å². The maximum Gasteiger partial charge on any atom is 0.315 e. The van der Waals surface area contributed by atoms with Gasteiger partial charge in [0.05, 0.1) is 18.3 Å². The highest BCUT2D eigenvalue weighted by Gasteiger charge is 2.21. The number of fused-ring (bicyclic) bond motifs is 1. The topological polar surface area (TPSA) is 76.4 Å². The number of ether oxygens (including phenoxy) is 1. The van der Waals surface area contributed by atoms with Gasteiger partial charge in [0.2, 0.25) is 0 Å². The van der Waals surface area contributed by atoms with Crippen LogP contribution in [0.3, 0.4) is 0 Å². The third kappa shape index (κ3) is 3.47. The maximum absolute atomic E-state index is 12.2. The third-order valence-electron chi connectivity index (χ3n) is 4.10. The molecule has 0 fully saturated rings. The van der Waals surface area contributed by atoms with Crippen LogP contribution in [0.25, 0.3) is 0 Å². The zero-order valence-corrected chi connectivity index (χ0v) is 13.4. The van der Waals surface area contributed by atoms with Crippen molar-refractivity contribution in [1.29, 1.82) is 0 Å². The number of rotatable bonds is 3. The summed E-state index contributed by atoms with van der Waals surface area (Å²) in [7, 11) is 0. The fraction of sp³-hybridized carbons (Fsp3) is 0.412. The molecule has 1 atom stereocenters. The van der Waals surface area contributed by atoms with Crippen LogP contribution in [-0.4, -0.2) is 17.8 Å². The molecule has 23 heavy (non-hydrogen) atoms. The summed E-state index contributed by atoms with van der Waals surface area (Å²) in [6.07, 6.45) is 1.76. The summed E-state index contributed by atoms with van der Waals surface area (Å²) in [4.78, 5) is 12.2. The molecule has 1 aliphatic rings. The van der Waals surface area contributed by atoms with Gasteiger partial charge in [-0.1, -0.05) is 23.4 Å². The second-order valence-corrected chi connectivity index (χ2v) is 5.71. The number of aryl methyl sites for hydroxylation is 2. The quantitative estimate of drug-likeness (QED) is 0.913. The first-order valence-electron chi connectivity index (χ1n) is 7.83. The molecule has 1 aromatic carbocycles.